The van der Waals surface area contributed by atoms with Gasteiger partial charge in [-0.25, -0.2) is 14.8 Å². The van der Waals surface area contributed by atoms with Gasteiger partial charge in [0.25, 0.3) is 0 Å². The predicted molar refractivity (Wildman–Crippen MR) is 62.8 cm³/mol. The SMILES string of the molecule is CC(C)(C)OC(=O)N1C=Cc2cncnc2C1. The van der Waals surface area contributed by atoms with E-state index < -0.39 is 5.60 Å². The molecule has 5 nitrogen and oxygen atoms in total. The highest BCUT2D eigenvalue weighted by Gasteiger charge is 2.23. The lowest BCUT2D eigenvalue weighted by Gasteiger charge is -2.26. The standard InChI is InChI=1S/C12H15N3O2/c1-12(2,3)17-11(16)15-5-4-9-6-13-8-14-10(9)7-15/h4-6,8H,7H2,1-3H3. The first kappa shape index (κ1) is 11.6. The van der Waals surface area contributed by atoms with Crippen molar-refractivity contribution in [3.8, 4) is 0 Å². The van der Waals surface area contributed by atoms with Gasteiger partial charge in [-0.2, -0.15) is 0 Å². The summed E-state index contributed by atoms with van der Waals surface area (Å²) in [7, 11) is 0. The van der Waals surface area contributed by atoms with Crippen LogP contribution in [0.25, 0.3) is 6.08 Å². The Balaban J connectivity index is 2.11. The molecular weight excluding hydrogens is 218 g/mol. The van der Waals surface area contributed by atoms with Crippen molar-refractivity contribution in [1.29, 1.82) is 0 Å². The lowest BCUT2D eigenvalue weighted by molar-refractivity contribution is 0.0320. The highest BCUT2D eigenvalue weighted by Crippen LogP contribution is 2.18. The van der Waals surface area contributed by atoms with Gasteiger partial charge in [0.05, 0.1) is 12.2 Å². The zero-order chi connectivity index (χ0) is 12.5. The van der Waals surface area contributed by atoms with Gasteiger partial charge in [0.1, 0.15) is 11.9 Å². The Morgan fingerprint density at radius 2 is 2.24 bits per heavy atom. The second-order valence-electron chi connectivity index (χ2n) is 4.85. The fourth-order valence-corrected chi connectivity index (χ4v) is 1.47. The van der Waals surface area contributed by atoms with E-state index >= 15 is 0 Å². The van der Waals surface area contributed by atoms with Gasteiger partial charge in [-0.3, -0.25) is 4.90 Å². The van der Waals surface area contributed by atoms with Crippen LogP contribution in [0.1, 0.15) is 32.0 Å². The van der Waals surface area contributed by atoms with Gasteiger partial charge in [0, 0.05) is 18.0 Å². The predicted octanol–water partition coefficient (Wildman–Crippen LogP) is 2.20. The van der Waals surface area contributed by atoms with Gasteiger partial charge in [-0.1, -0.05) is 0 Å². The molecule has 0 saturated carbocycles. The van der Waals surface area contributed by atoms with Gasteiger partial charge in [0.15, 0.2) is 0 Å². The Hall–Kier alpha value is -1.91. The zero-order valence-corrected chi connectivity index (χ0v) is 10.2. The second kappa shape index (κ2) is 4.16. The van der Waals surface area contributed by atoms with Crippen LogP contribution in [0.15, 0.2) is 18.7 Å². The normalized spacial score (nSPS) is 14.4. The van der Waals surface area contributed by atoms with Crippen LogP contribution in [0.3, 0.4) is 0 Å². The summed E-state index contributed by atoms with van der Waals surface area (Å²) in [6.07, 6.45) is 6.34. The summed E-state index contributed by atoms with van der Waals surface area (Å²) in [6.45, 7) is 5.95. The molecule has 1 aromatic heterocycles. The Labute approximate surface area is 100 Å². The number of aromatic nitrogens is 2. The van der Waals surface area contributed by atoms with Crippen molar-refractivity contribution in [2.24, 2.45) is 0 Å². The van der Waals surface area contributed by atoms with Crippen LogP contribution in [0.4, 0.5) is 4.79 Å². The molecule has 0 bridgehead atoms. The van der Waals surface area contributed by atoms with Crippen LogP contribution in [-0.4, -0.2) is 26.6 Å². The van der Waals surface area contributed by atoms with E-state index in [-0.39, 0.29) is 6.09 Å². The van der Waals surface area contributed by atoms with E-state index in [4.69, 9.17) is 4.74 Å². The lowest BCUT2D eigenvalue weighted by Crippen LogP contribution is -2.34. The lowest BCUT2D eigenvalue weighted by atomic mass is 10.1. The summed E-state index contributed by atoms with van der Waals surface area (Å²) in [5.41, 5.74) is 1.28. The largest absolute Gasteiger partial charge is 0.443 e. The van der Waals surface area contributed by atoms with Gasteiger partial charge < -0.3 is 4.74 Å². The third kappa shape index (κ3) is 2.81. The molecule has 0 radical (unpaired) electrons. The van der Waals surface area contributed by atoms with Crippen LogP contribution in [-0.2, 0) is 11.3 Å². The van der Waals surface area contributed by atoms with E-state index in [1.165, 1.54) is 11.2 Å². The van der Waals surface area contributed by atoms with Crippen molar-refractivity contribution in [3.63, 3.8) is 0 Å². The third-order valence-corrected chi connectivity index (χ3v) is 2.21. The van der Waals surface area contributed by atoms with Crippen LogP contribution in [0, 0.1) is 0 Å². The fourth-order valence-electron chi connectivity index (χ4n) is 1.47. The van der Waals surface area contributed by atoms with Crippen molar-refractivity contribution >= 4 is 12.2 Å². The van der Waals surface area contributed by atoms with E-state index in [0.717, 1.165) is 11.3 Å². The van der Waals surface area contributed by atoms with Crippen molar-refractivity contribution in [2.45, 2.75) is 32.9 Å². The minimum atomic E-state index is -0.489. The van der Waals surface area contributed by atoms with Crippen LogP contribution in [0.5, 0.6) is 0 Å². The Morgan fingerprint density at radius 1 is 1.47 bits per heavy atom. The molecular formula is C12H15N3O2. The summed E-state index contributed by atoms with van der Waals surface area (Å²) >= 11 is 0. The van der Waals surface area contributed by atoms with Gasteiger partial charge in [0.2, 0.25) is 0 Å². The Bertz CT molecular complexity index is 463. The monoisotopic (exact) mass is 233 g/mol. The van der Waals surface area contributed by atoms with E-state index in [2.05, 4.69) is 9.97 Å². The number of nitrogens with zero attached hydrogens (tertiary/aromatic N) is 3. The third-order valence-electron chi connectivity index (χ3n) is 2.21. The average molecular weight is 233 g/mol. The topological polar surface area (TPSA) is 55.3 Å². The molecule has 0 spiro atoms. The quantitative estimate of drug-likeness (QED) is 0.689. The minimum Gasteiger partial charge on any atom is -0.443 e. The average Bonchev–Trinajstić information content (AvgIpc) is 2.26. The maximum absolute atomic E-state index is 11.8. The Morgan fingerprint density at radius 3 is 2.94 bits per heavy atom. The second-order valence-corrected chi connectivity index (χ2v) is 4.85. The molecule has 1 aliphatic rings. The zero-order valence-electron chi connectivity index (χ0n) is 10.2. The molecule has 2 rings (SSSR count). The van der Waals surface area contributed by atoms with E-state index in [1.807, 2.05) is 26.8 Å². The Kier molecular flexibility index (Phi) is 2.83. The molecule has 17 heavy (non-hydrogen) atoms. The van der Waals surface area contributed by atoms with Crippen molar-refractivity contribution in [1.82, 2.24) is 14.9 Å². The molecule has 1 aliphatic heterocycles. The molecule has 1 aromatic rings. The maximum Gasteiger partial charge on any atom is 0.414 e. The highest BCUT2D eigenvalue weighted by molar-refractivity contribution is 5.72. The summed E-state index contributed by atoms with van der Waals surface area (Å²) in [5, 5.41) is 0. The van der Waals surface area contributed by atoms with E-state index in [0.29, 0.717) is 6.54 Å². The molecule has 1 amide bonds. The molecule has 0 aliphatic carbocycles. The number of fused-ring (bicyclic) bond motifs is 1. The van der Waals surface area contributed by atoms with Gasteiger partial charge >= 0.3 is 6.09 Å². The summed E-state index contributed by atoms with van der Waals surface area (Å²) < 4.78 is 5.28. The molecule has 0 N–H and O–H groups in total. The first-order chi connectivity index (χ1) is 7.96. The number of hydrogen-bond donors (Lipinski definition) is 0. The molecule has 0 fully saturated rings. The van der Waals surface area contributed by atoms with Gasteiger partial charge in [-0.15, -0.1) is 0 Å². The van der Waals surface area contributed by atoms with Crippen molar-refractivity contribution in [3.05, 3.63) is 30.0 Å². The molecule has 2 heterocycles. The highest BCUT2D eigenvalue weighted by atomic mass is 16.6. The molecule has 0 atom stereocenters. The summed E-state index contributed by atoms with van der Waals surface area (Å²) in [4.78, 5) is 21.4. The summed E-state index contributed by atoms with van der Waals surface area (Å²) in [5.74, 6) is 0. The van der Waals surface area contributed by atoms with Crippen LogP contribution >= 0.6 is 0 Å². The smallest absolute Gasteiger partial charge is 0.414 e. The maximum atomic E-state index is 11.8. The van der Waals surface area contributed by atoms with E-state index in [9.17, 15) is 4.79 Å². The van der Waals surface area contributed by atoms with Crippen molar-refractivity contribution < 1.29 is 9.53 Å². The first-order valence-corrected chi connectivity index (χ1v) is 5.42. The minimum absolute atomic E-state index is 0.363. The van der Waals surface area contributed by atoms with Gasteiger partial charge in [-0.05, 0) is 26.8 Å². The van der Waals surface area contributed by atoms with E-state index in [1.54, 1.807) is 12.4 Å². The number of rotatable bonds is 0. The molecule has 90 valence electrons. The fraction of sp³-hybridized carbons (Fsp3) is 0.417. The summed E-state index contributed by atoms with van der Waals surface area (Å²) in [6, 6.07) is 0. The molecule has 0 saturated heterocycles. The number of ether oxygens (including phenoxy) is 1. The molecule has 0 aromatic carbocycles. The molecule has 0 unspecified atom stereocenters. The van der Waals surface area contributed by atoms with Crippen molar-refractivity contribution in [2.75, 3.05) is 0 Å². The van der Waals surface area contributed by atoms with Crippen LogP contribution in [0.2, 0.25) is 0 Å². The number of carbonyl (C=O) groups excluding carboxylic acids is 1. The number of hydrogen-bond acceptors (Lipinski definition) is 4. The molecule has 5 heteroatoms. The number of carbonyl (C=O) groups is 1. The van der Waals surface area contributed by atoms with Crippen LogP contribution < -0.4 is 0 Å². The number of amides is 1. The first-order valence-electron chi connectivity index (χ1n) is 5.42.